The molecule has 1 heterocycles. The van der Waals surface area contributed by atoms with E-state index in [4.69, 9.17) is 19.7 Å². The van der Waals surface area contributed by atoms with Crippen LogP contribution in [0.1, 0.15) is 72.4 Å². The number of terminal acetylenes is 1. The molecule has 0 saturated carbocycles. The molecule has 0 radical (unpaired) electrons. The maximum atomic E-state index is 11.7. The molecule has 2 N–H and O–H groups in total. The maximum Gasteiger partial charge on any atom is 0.338 e. The molecule has 2 atom stereocenters. The van der Waals surface area contributed by atoms with Crippen LogP contribution < -0.4 is 0 Å². The Balaban J connectivity index is 0. The Kier molecular flexibility index (Phi) is 19.0. The minimum Gasteiger partial charge on any atom is -0.478 e. The molecule has 1 aliphatic rings. The van der Waals surface area contributed by atoms with Crippen molar-refractivity contribution in [2.45, 2.75) is 66.8 Å². The lowest BCUT2D eigenvalue weighted by atomic mass is 10.1. The number of carboxylic acid groups (broad SMARTS) is 1. The molecule has 1 saturated heterocycles. The lowest BCUT2D eigenvalue weighted by molar-refractivity contribution is -0.103. The summed E-state index contributed by atoms with van der Waals surface area (Å²) in [6.07, 6.45) is 8.44. The highest BCUT2D eigenvalue weighted by Gasteiger charge is 2.24. The van der Waals surface area contributed by atoms with Crippen LogP contribution in [-0.4, -0.2) is 41.2 Å². The number of carboxylic acids is 1. The first-order valence-corrected chi connectivity index (χ1v) is 11.1. The van der Waals surface area contributed by atoms with Gasteiger partial charge in [-0.1, -0.05) is 63.1 Å². The first kappa shape index (κ1) is 32.0. The molecule has 3 rings (SSSR count). The first-order chi connectivity index (χ1) is 15.8. The number of rotatable bonds is 4. The van der Waals surface area contributed by atoms with Gasteiger partial charge in [0.1, 0.15) is 6.61 Å². The summed E-state index contributed by atoms with van der Waals surface area (Å²) in [6.45, 7) is 12.1. The quantitative estimate of drug-likeness (QED) is 0.455. The lowest BCUT2D eigenvalue weighted by Crippen LogP contribution is -2.19. The van der Waals surface area contributed by atoms with Crippen molar-refractivity contribution < 1.29 is 29.3 Å². The van der Waals surface area contributed by atoms with E-state index in [2.05, 4.69) is 12.8 Å². The van der Waals surface area contributed by atoms with Crippen molar-refractivity contribution in [3.8, 4) is 12.8 Å². The third-order valence-corrected chi connectivity index (χ3v) is 4.07. The first-order valence-electron chi connectivity index (χ1n) is 11.1. The van der Waals surface area contributed by atoms with Gasteiger partial charge < -0.3 is 19.7 Å². The van der Waals surface area contributed by atoms with Crippen LogP contribution in [0.15, 0.2) is 48.5 Å². The fourth-order valence-electron chi connectivity index (χ4n) is 2.45. The van der Waals surface area contributed by atoms with E-state index in [0.29, 0.717) is 17.5 Å². The Morgan fingerprint density at radius 3 is 1.67 bits per heavy atom. The molecule has 0 aromatic heterocycles. The number of aliphatic hydroxyl groups excluding tert-OH is 1. The summed E-state index contributed by atoms with van der Waals surface area (Å²) >= 11 is 0. The number of esters is 1. The second kappa shape index (κ2) is 19.5. The van der Waals surface area contributed by atoms with Crippen molar-refractivity contribution >= 4 is 11.9 Å². The molecule has 0 amide bonds. The second-order valence-electron chi connectivity index (χ2n) is 6.43. The van der Waals surface area contributed by atoms with Crippen molar-refractivity contribution in [1.82, 2.24) is 0 Å². The van der Waals surface area contributed by atoms with Crippen LogP contribution in [0, 0.1) is 26.7 Å². The van der Waals surface area contributed by atoms with Crippen molar-refractivity contribution in [2.24, 2.45) is 0 Å². The van der Waals surface area contributed by atoms with Gasteiger partial charge in [0.15, 0.2) is 6.29 Å². The fourth-order valence-corrected chi connectivity index (χ4v) is 2.45. The summed E-state index contributed by atoms with van der Waals surface area (Å²) < 4.78 is 10.3. The Hall–Kier alpha value is -3.14. The van der Waals surface area contributed by atoms with E-state index in [1.165, 1.54) is 0 Å². The maximum absolute atomic E-state index is 11.7. The Morgan fingerprint density at radius 2 is 1.30 bits per heavy atom. The van der Waals surface area contributed by atoms with Gasteiger partial charge in [0.2, 0.25) is 0 Å². The molecule has 1 fully saturated rings. The number of carbonyl (C=O) groups is 2. The third kappa shape index (κ3) is 13.8. The van der Waals surface area contributed by atoms with Gasteiger partial charge in [-0.05, 0) is 44.5 Å². The minimum atomic E-state index is -0.875. The third-order valence-electron chi connectivity index (χ3n) is 4.07. The van der Waals surface area contributed by atoms with Crippen LogP contribution >= 0.6 is 0 Å². The number of carbonyl (C=O) groups excluding carboxylic acids is 1. The molecule has 182 valence electrons. The zero-order chi connectivity index (χ0) is 25.8. The molecular formula is C27H38O6. The van der Waals surface area contributed by atoms with Crippen LogP contribution in [0.5, 0.6) is 0 Å². The molecule has 2 aromatic carbocycles. The summed E-state index contributed by atoms with van der Waals surface area (Å²) in [5.41, 5.74) is 3.05. The van der Waals surface area contributed by atoms with Crippen LogP contribution in [0.2, 0.25) is 0 Å². The topological polar surface area (TPSA) is 93.1 Å². The highest BCUT2D eigenvalue weighted by Crippen LogP contribution is 2.18. The van der Waals surface area contributed by atoms with Crippen molar-refractivity contribution in [3.05, 3.63) is 70.8 Å². The van der Waals surface area contributed by atoms with E-state index in [1.54, 1.807) is 36.4 Å². The van der Waals surface area contributed by atoms with Crippen LogP contribution in [0.4, 0.5) is 0 Å². The summed E-state index contributed by atoms with van der Waals surface area (Å²) in [5, 5.41) is 17.6. The van der Waals surface area contributed by atoms with Gasteiger partial charge in [-0.15, -0.1) is 12.8 Å². The van der Waals surface area contributed by atoms with Crippen LogP contribution in [0.25, 0.3) is 0 Å². The van der Waals surface area contributed by atoms with E-state index < -0.39 is 12.3 Å². The summed E-state index contributed by atoms with van der Waals surface area (Å²) in [7, 11) is 0. The van der Waals surface area contributed by atoms with E-state index in [9.17, 15) is 9.59 Å². The average Bonchev–Trinajstić information content (AvgIpc) is 3.27. The highest BCUT2D eigenvalue weighted by atomic mass is 16.6. The predicted molar refractivity (Wildman–Crippen MR) is 132 cm³/mol. The molecule has 0 bridgehead atoms. The minimum absolute atomic E-state index is 0.181. The van der Waals surface area contributed by atoms with Gasteiger partial charge in [-0.25, -0.2) is 9.59 Å². The number of aromatic carboxylic acids is 1. The van der Waals surface area contributed by atoms with Gasteiger partial charge in [0, 0.05) is 6.42 Å². The molecule has 2 unspecified atom stereocenters. The van der Waals surface area contributed by atoms with E-state index in [0.717, 1.165) is 17.5 Å². The highest BCUT2D eigenvalue weighted by molar-refractivity contribution is 5.89. The zero-order valence-corrected chi connectivity index (χ0v) is 20.6. The smallest absolute Gasteiger partial charge is 0.338 e. The monoisotopic (exact) mass is 458 g/mol. The van der Waals surface area contributed by atoms with Gasteiger partial charge in [-0.2, -0.15) is 0 Å². The molecule has 1 aliphatic heterocycles. The lowest BCUT2D eigenvalue weighted by Gasteiger charge is -2.11. The van der Waals surface area contributed by atoms with E-state index in [-0.39, 0.29) is 18.7 Å². The molecule has 0 aliphatic carbocycles. The number of aliphatic hydroxyl groups is 1. The number of hydrogen-bond acceptors (Lipinski definition) is 5. The summed E-state index contributed by atoms with van der Waals surface area (Å²) in [6, 6.07) is 14.0. The van der Waals surface area contributed by atoms with Crippen molar-refractivity contribution in [3.63, 3.8) is 0 Å². The fraction of sp³-hybridized carbons (Fsp3) is 0.407. The molecule has 2 aromatic rings. The van der Waals surface area contributed by atoms with Crippen molar-refractivity contribution in [2.75, 3.05) is 6.61 Å². The SMILES string of the molecule is C#C.CC.CC.Cc1ccc(C(=O)O)cc1.Cc1ccc(C(=O)OCC2CCC(O)O2)cc1. The Bertz CT molecular complexity index is 794. The number of hydrogen-bond donors (Lipinski definition) is 2. The molecule has 6 heteroatoms. The normalized spacial score (nSPS) is 15.4. The van der Waals surface area contributed by atoms with E-state index in [1.807, 2.05) is 53.7 Å². The van der Waals surface area contributed by atoms with Gasteiger partial charge >= 0.3 is 11.9 Å². The number of ether oxygens (including phenoxy) is 2. The largest absolute Gasteiger partial charge is 0.478 e. The molecule has 0 spiro atoms. The Morgan fingerprint density at radius 1 is 0.879 bits per heavy atom. The molecular weight excluding hydrogens is 420 g/mol. The zero-order valence-electron chi connectivity index (χ0n) is 20.6. The predicted octanol–water partition coefficient (Wildman–Crippen LogP) is 5.64. The Labute approximate surface area is 198 Å². The number of benzene rings is 2. The standard InChI is InChI=1S/C13H16O4.C8H8O2.2C2H6.C2H2/c1-9-2-4-10(5-3-9)13(15)16-8-11-6-7-12(14)17-11;1-6-2-4-7(5-3-6)8(9)10;3*1-2/h2-5,11-12,14H,6-8H2,1H3;2-5H,1H3,(H,9,10);2*1-2H3;1-2H. The van der Waals surface area contributed by atoms with Gasteiger partial charge in [-0.3, -0.25) is 0 Å². The molecule has 33 heavy (non-hydrogen) atoms. The van der Waals surface area contributed by atoms with Crippen LogP contribution in [0.3, 0.4) is 0 Å². The van der Waals surface area contributed by atoms with Crippen molar-refractivity contribution in [1.29, 1.82) is 0 Å². The van der Waals surface area contributed by atoms with Gasteiger partial charge in [0.05, 0.1) is 17.2 Å². The molecule has 6 nitrogen and oxygen atoms in total. The average molecular weight is 459 g/mol. The summed E-state index contributed by atoms with van der Waals surface area (Å²) in [5.74, 6) is -1.23. The van der Waals surface area contributed by atoms with Crippen LogP contribution in [-0.2, 0) is 9.47 Å². The summed E-state index contributed by atoms with van der Waals surface area (Å²) in [4.78, 5) is 22.0. The van der Waals surface area contributed by atoms with E-state index >= 15 is 0 Å². The number of aryl methyl sites for hydroxylation is 2. The van der Waals surface area contributed by atoms with Gasteiger partial charge in [0.25, 0.3) is 0 Å². The second-order valence-corrected chi connectivity index (χ2v) is 6.43.